The first-order valence-electron chi connectivity index (χ1n) is 9.51. The first-order chi connectivity index (χ1) is 13.6. The van der Waals surface area contributed by atoms with Gasteiger partial charge in [-0.3, -0.25) is 0 Å². The van der Waals surface area contributed by atoms with Gasteiger partial charge in [0.15, 0.2) is 11.0 Å². The smallest absolute Gasteiger partial charge is 0.191 e. The molecule has 3 aromatic rings. The van der Waals surface area contributed by atoms with Crippen LogP contribution >= 0.6 is 11.8 Å². The van der Waals surface area contributed by atoms with E-state index < -0.39 is 0 Å². The maximum atomic E-state index is 5.93. The summed E-state index contributed by atoms with van der Waals surface area (Å²) in [5.41, 5.74) is 2.50. The lowest BCUT2D eigenvalue weighted by Crippen LogP contribution is -2.07. The van der Waals surface area contributed by atoms with Gasteiger partial charge in [0.25, 0.3) is 0 Å². The standard InChI is InChI=1S/C22H27N3O2S/c1-5-25-21(14-27-19-11-9-18(10-12-19)16(2)3)23-24-22(25)28-15-17-7-6-8-20(13-17)26-4/h6-13,16H,5,14-15H2,1-4H3. The quantitative estimate of drug-likeness (QED) is 0.459. The summed E-state index contributed by atoms with van der Waals surface area (Å²) < 4.78 is 13.3. The molecule has 1 aromatic heterocycles. The van der Waals surface area contributed by atoms with Crippen molar-refractivity contribution >= 4 is 11.8 Å². The highest BCUT2D eigenvalue weighted by atomic mass is 32.2. The van der Waals surface area contributed by atoms with Crippen LogP contribution in [0.25, 0.3) is 0 Å². The van der Waals surface area contributed by atoms with Crippen molar-refractivity contribution in [2.24, 2.45) is 0 Å². The van der Waals surface area contributed by atoms with Crippen LogP contribution in [0.3, 0.4) is 0 Å². The van der Waals surface area contributed by atoms with Crippen molar-refractivity contribution in [1.29, 1.82) is 0 Å². The van der Waals surface area contributed by atoms with Crippen LogP contribution in [-0.4, -0.2) is 21.9 Å². The molecule has 0 atom stereocenters. The topological polar surface area (TPSA) is 49.2 Å². The lowest BCUT2D eigenvalue weighted by atomic mass is 10.0. The summed E-state index contributed by atoms with van der Waals surface area (Å²) in [6.45, 7) is 7.68. The van der Waals surface area contributed by atoms with Crippen molar-refractivity contribution in [2.45, 2.75) is 50.8 Å². The van der Waals surface area contributed by atoms with Crippen molar-refractivity contribution in [2.75, 3.05) is 7.11 Å². The Morgan fingerprint density at radius 3 is 2.50 bits per heavy atom. The van der Waals surface area contributed by atoms with Gasteiger partial charge in [-0.2, -0.15) is 0 Å². The van der Waals surface area contributed by atoms with Crippen LogP contribution in [-0.2, 0) is 18.9 Å². The van der Waals surface area contributed by atoms with E-state index in [1.54, 1.807) is 18.9 Å². The van der Waals surface area contributed by atoms with Crippen LogP contribution in [0.4, 0.5) is 0 Å². The van der Waals surface area contributed by atoms with E-state index >= 15 is 0 Å². The Labute approximate surface area is 171 Å². The molecule has 0 unspecified atom stereocenters. The second-order valence-electron chi connectivity index (χ2n) is 6.80. The molecule has 0 saturated heterocycles. The fraction of sp³-hybridized carbons (Fsp3) is 0.364. The number of rotatable bonds is 9. The molecule has 0 bridgehead atoms. The largest absolute Gasteiger partial charge is 0.497 e. The predicted molar refractivity (Wildman–Crippen MR) is 113 cm³/mol. The van der Waals surface area contributed by atoms with Crippen LogP contribution in [0.2, 0.25) is 0 Å². The third-order valence-electron chi connectivity index (χ3n) is 4.53. The van der Waals surface area contributed by atoms with Gasteiger partial charge < -0.3 is 14.0 Å². The van der Waals surface area contributed by atoms with E-state index in [4.69, 9.17) is 9.47 Å². The molecule has 148 valence electrons. The van der Waals surface area contributed by atoms with Crippen LogP contribution < -0.4 is 9.47 Å². The number of hydrogen-bond acceptors (Lipinski definition) is 5. The van der Waals surface area contributed by atoms with Crippen molar-refractivity contribution in [3.8, 4) is 11.5 Å². The molecule has 0 fully saturated rings. The Balaban J connectivity index is 1.62. The minimum atomic E-state index is 0.404. The Bertz CT molecular complexity index is 891. The van der Waals surface area contributed by atoms with Gasteiger partial charge in [-0.25, -0.2) is 0 Å². The zero-order valence-electron chi connectivity index (χ0n) is 16.9. The molecule has 0 aliphatic carbocycles. The van der Waals surface area contributed by atoms with Crippen molar-refractivity contribution in [1.82, 2.24) is 14.8 Å². The monoisotopic (exact) mass is 397 g/mol. The van der Waals surface area contributed by atoms with Crippen LogP contribution in [0, 0.1) is 0 Å². The Morgan fingerprint density at radius 1 is 1.04 bits per heavy atom. The molecule has 0 N–H and O–H groups in total. The van der Waals surface area contributed by atoms with Gasteiger partial charge in [0.1, 0.15) is 18.1 Å². The number of aromatic nitrogens is 3. The average Bonchev–Trinajstić information content (AvgIpc) is 3.13. The molecule has 6 heteroatoms. The summed E-state index contributed by atoms with van der Waals surface area (Å²) in [7, 11) is 1.68. The van der Waals surface area contributed by atoms with Gasteiger partial charge in [-0.15, -0.1) is 10.2 Å². The fourth-order valence-electron chi connectivity index (χ4n) is 2.86. The maximum Gasteiger partial charge on any atom is 0.191 e. The summed E-state index contributed by atoms with van der Waals surface area (Å²) in [5.74, 6) is 3.88. The molecule has 3 rings (SSSR count). The number of methoxy groups -OCH3 is 1. The molecule has 0 spiro atoms. The molecule has 28 heavy (non-hydrogen) atoms. The van der Waals surface area contributed by atoms with Gasteiger partial charge in [-0.05, 0) is 48.2 Å². The molecule has 5 nitrogen and oxygen atoms in total. The molecular weight excluding hydrogens is 370 g/mol. The van der Waals surface area contributed by atoms with Crippen LogP contribution in [0.5, 0.6) is 11.5 Å². The van der Waals surface area contributed by atoms with Gasteiger partial charge in [0.2, 0.25) is 0 Å². The third kappa shape index (κ3) is 5.07. The Kier molecular flexibility index (Phi) is 6.98. The number of ether oxygens (including phenoxy) is 2. The van der Waals surface area contributed by atoms with Gasteiger partial charge in [0, 0.05) is 12.3 Å². The Hall–Kier alpha value is -2.47. The molecule has 0 amide bonds. The molecule has 1 heterocycles. The fourth-order valence-corrected chi connectivity index (χ4v) is 3.82. The lowest BCUT2D eigenvalue weighted by molar-refractivity contribution is 0.288. The predicted octanol–water partition coefficient (Wildman–Crippen LogP) is 5.30. The normalized spacial score (nSPS) is 11.0. The molecule has 0 radical (unpaired) electrons. The molecular formula is C22H27N3O2S. The summed E-state index contributed by atoms with van der Waals surface area (Å²) in [5, 5.41) is 9.60. The van der Waals surface area contributed by atoms with E-state index in [0.29, 0.717) is 12.5 Å². The maximum absolute atomic E-state index is 5.93. The van der Waals surface area contributed by atoms with Crippen molar-refractivity contribution < 1.29 is 9.47 Å². The summed E-state index contributed by atoms with van der Waals surface area (Å²) >= 11 is 1.67. The first kappa shape index (κ1) is 20.3. The van der Waals surface area contributed by atoms with E-state index in [-0.39, 0.29) is 0 Å². The van der Waals surface area contributed by atoms with E-state index in [9.17, 15) is 0 Å². The second-order valence-corrected chi connectivity index (χ2v) is 7.74. The minimum Gasteiger partial charge on any atom is -0.497 e. The van der Waals surface area contributed by atoms with E-state index in [2.05, 4.69) is 53.7 Å². The second kappa shape index (κ2) is 9.64. The summed E-state index contributed by atoms with van der Waals surface area (Å²) in [6.07, 6.45) is 0. The number of nitrogens with zero attached hydrogens (tertiary/aromatic N) is 3. The first-order valence-corrected chi connectivity index (χ1v) is 10.5. The van der Waals surface area contributed by atoms with E-state index in [1.165, 1.54) is 11.1 Å². The molecule has 0 saturated carbocycles. The highest BCUT2D eigenvalue weighted by Crippen LogP contribution is 2.25. The van der Waals surface area contributed by atoms with Crippen LogP contribution in [0.15, 0.2) is 53.7 Å². The number of hydrogen-bond donors (Lipinski definition) is 0. The average molecular weight is 398 g/mol. The summed E-state index contributed by atoms with van der Waals surface area (Å²) in [6, 6.07) is 16.3. The van der Waals surface area contributed by atoms with Gasteiger partial charge >= 0.3 is 0 Å². The third-order valence-corrected chi connectivity index (χ3v) is 5.56. The SMILES string of the molecule is CCn1c(COc2ccc(C(C)C)cc2)nnc1SCc1cccc(OC)c1. The molecule has 0 aliphatic rings. The van der Waals surface area contributed by atoms with E-state index in [1.807, 2.05) is 30.3 Å². The lowest BCUT2D eigenvalue weighted by Gasteiger charge is -2.10. The molecule has 2 aromatic carbocycles. The minimum absolute atomic E-state index is 0.404. The zero-order valence-corrected chi connectivity index (χ0v) is 17.7. The van der Waals surface area contributed by atoms with Crippen LogP contribution in [0.1, 0.15) is 43.6 Å². The molecule has 0 aliphatic heterocycles. The highest BCUT2D eigenvalue weighted by Gasteiger charge is 2.12. The van der Waals surface area contributed by atoms with Crippen molar-refractivity contribution in [3.05, 3.63) is 65.5 Å². The van der Waals surface area contributed by atoms with E-state index in [0.717, 1.165) is 34.8 Å². The van der Waals surface area contributed by atoms with Gasteiger partial charge in [-0.1, -0.05) is 49.9 Å². The Morgan fingerprint density at radius 2 is 1.82 bits per heavy atom. The van der Waals surface area contributed by atoms with Crippen molar-refractivity contribution in [3.63, 3.8) is 0 Å². The number of benzene rings is 2. The summed E-state index contributed by atoms with van der Waals surface area (Å²) in [4.78, 5) is 0. The zero-order chi connectivity index (χ0) is 19.9. The number of thioether (sulfide) groups is 1. The highest BCUT2D eigenvalue weighted by molar-refractivity contribution is 7.98. The van der Waals surface area contributed by atoms with Gasteiger partial charge in [0.05, 0.1) is 7.11 Å².